The van der Waals surface area contributed by atoms with Gasteiger partial charge < -0.3 is 5.11 Å². The molecule has 1 atom stereocenters. The van der Waals surface area contributed by atoms with E-state index in [2.05, 4.69) is 0 Å². The molecule has 3 heteroatoms. The topological polar surface area (TPSA) is 37.3 Å². The second-order valence-corrected chi connectivity index (χ2v) is 3.71. The molecule has 1 aliphatic heterocycles. The minimum Gasteiger partial charge on any atom is -0.383 e. The van der Waals surface area contributed by atoms with E-state index >= 15 is 0 Å². The summed E-state index contributed by atoms with van der Waals surface area (Å²) in [5.41, 5.74) is 1.25. The molecule has 2 nitrogen and oxygen atoms in total. The van der Waals surface area contributed by atoms with Gasteiger partial charge in [0.05, 0.1) is 0 Å². The number of rotatable bonds is 1. The molecule has 0 aliphatic carbocycles. The number of hydrogen-bond acceptors (Lipinski definition) is 3. The molecule has 13 heavy (non-hydrogen) atoms. The minimum atomic E-state index is -0.755. The summed E-state index contributed by atoms with van der Waals surface area (Å²) in [5.74, 6) is 0. The summed E-state index contributed by atoms with van der Waals surface area (Å²) >= 11 is 1.47. The molecule has 0 radical (unpaired) electrons. The second-order valence-electron chi connectivity index (χ2n) is 2.79. The standard InChI is InChI=1S/C10H8O2S/c11-5-7-6-13-9-4-2-1-3-8(9)10(7)12/h1-6,10,12H. The predicted octanol–water partition coefficient (Wildman–Crippen LogP) is 1.91. The number of aliphatic hydroxyl groups is 1. The summed E-state index contributed by atoms with van der Waals surface area (Å²) < 4.78 is 0. The van der Waals surface area contributed by atoms with Crippen molar-refractivity contribution in [3.63, 3.8) is 0 Å². The van der Waals surface area contributed by atoms with Gasteiger partial charge in [-0.3, -0.25) is 4.79 Å². The molecule has 2 rings (SSSR count). The summed E-state index contributed by atoms with van der Waals surface area (Å²) in [7, 11) is 0. The normalized spacial score (nSPS) is 20.4. The Morgan fingerprint density at radius 2 is 2.15 bits per heavy atom. The van der Waals surface area contributed by atoms with Crippen LogP contribution < -0.4 is 0 Å². The minimum absolute atomic E-state index is 0.434. The van der Waals surface area contributed by atoms with Gasteiger partial charge in [0, 0.05) is 10.5 Å². The molecule has 1 unspecified atom stereocenters. The lowest BCUT2D eigenvalue weighted by atomic mass is 10.0. The quantitative estimate of drug-likeness (QED) is 0.690. The van der Waals surface area contributed by atoms with Crippen molar-refractivity contribution in [2.45, 2.75) is 11.0 Å². The molecular weight excluding hydrogens is 184 g/mol. The molecule has 0 aromatic heterocycles. The predicted molar refractivity (Wildman–Crippen MR) is 51.4 cm³/mol. The largest absolute Gasteiger partial charge is 0.383 e. The Labute approximate surface area is 80.3 Å². The number of thioether (sulfide) groups is 1. The van der Waals surface area contributed by atoms with E-state index in [-0.39, 0.29) is 0 Å². The molecule has 0 bridgehead atoms. The van der Waals surface area contributed by atoms with Crippen molar-refractivity contribution >= 4 is 18.0 Å². The summed E-state index contributed by atoms with van der Waals surface area (Å²) in [6.07, 6.45) is -0.0527. The van der Waals surface area contributed by atoms with E-state index in [0.29, 0.717) is 11.9 Å². The molecule has 1 aromatic carbocycles. The van der Waals surface area contributed by atoms with E-state index < -0.39 is 6.10 Å². The first-order valence-electron chi connectivity index (χ1n) is 3.92. The Balaban J connectivity index is 2.46. The van der Waals surface area contributed by atoms with Crippen molar-refractivity contribution in [3.05, 3.63) is 40.8 Å². The Hall–Kier alpha value is -1.06. The molecule has 0 fully saturated rings. The van der Waals surface area contributed by atoms with Crippen LogP contribution in [-0.4, -0.2) is 11.4 Å². The van der Waals surface area contributed by atoms with Crippen molar-refractivity contribution in [1.29, 1.82) is 0 Å². The highest BCUT2D eigenvalue weighted by molar-refractivity contribution is 8.02. The van der Waals surface area contributed by atoms with Crippen molar-refractivity contribution < 1.29 is 9.90 Å². The number of fused-ring (bicyclic) bond motifs is 1. The lowest BCUT2D eigenvalue weighted by Gasteiger charge is -2.18. The second kappa shape index (κ2) is 3.36. The molecule has 66 valence electrons. The van der Waals surface area contributed by atoms with Gasteiger partial charge in [-0.1, -0.05) is 30.0 Å². The summed E-state index contributed by atoms with van der Waals surface area (Å²) in [5, 5.41) is 11.4. The number of carbonyl (C=O) groups excluding carboxylic acids is 1. The van der Waals surface area contributed by atoms with Crippen LogP contribution in [0, 0.1) is 0 Å². The first-order chi connectivity index (χ1) is 6.33. The zero-order valence-corrected chi connectivity index (χ0v) is 7.62. The van der Waals surface area contributed by atoms with Gasteiger partial charge >= 0.3 is 0 Å². The van der Waals surface area contributed by atoms with Crippen molar-refractivity contribution in [2.75, 3.05) is 0 Å². The maximum Gasteiger partial charge on any atom is 0.149 e. The van der Waals surface area contributed by atoms with Gasteiger partial charge in [-0.25, -0.2) is 0 Å². The maximum atomic E-state index is 10.5. The lowest BCUT2D eigenvalue weighted by Crippen LogP contribution is -2.06. The zero-order valence-electron chi connectivity index (χ0n) is 6.81. The average Bonchev–Trinajstić information content (AvgIpc) is 2.19. The van der Waals surface area contributed by atoms with Gasteiger partial charge in [0.15, 0.2) is 0 Å². The monoisotopic (exact) mass is 192 g/mol. The molecular formula is C10H8O2S. The van der Waals surface area contributed by atoms with Crippen LogP contribution in [0.2, 0.25) is 0 Å². The average molecular weight is 192 g/mol. The van der Waals surface area contributed by atoms with Crippen molar-refractivity contribution in [1.82, 2.24) is 0 Å². The van der Waals surface area contributed by atoms with Gasteiger partial charge in [0.25, 0.3) is 0 Å². The molecule has 1 heterocycles. The Kier molecular flexibility index (Phi) is 2.20. The SMILES string of the molecule is O=CC1=CSc2ccccc2C1O. The molecule has 0 saturated carbocycles. The van der Waals surface area contributed by atoms with Gasteiger partial charge in [0.2, 0.25) is 0 Å². The van der Waals surface area contributed by atoms with E-state index in [4.69, 9.17) is 0 Å². The molecule has 0 amide bonds. The first kappa shape index (κ1) is 8.53. The van der Waals surface area contributed by atoms with Crippen LogP contribution in [0.25, 0.3) is 0 Å². The number of aliphatic hydroxyl groups excluding tert-OH is 1. The molecule has 1 aromatic rings. The third-order valence-corrected chi connectivity index (χ3v) is 3.00. The zero-order chi connectivity index (χ0) is 9.26. The molecule has 0 saturated heterocycles. The third-order valence-electron chi connectivity index (χ3n) is 1.99. The maximum absolute atomic E-state index is 10.5. The fourth-order valence-corrected chi connectivity index (χ4v) is 2.20. The van der Waals surface area contributed by atoms with Crippen LogP contribution in [-0.2, 0) is 4.79 Å². The number of benzene rings is 1. The summed E-state index contributed by atoms with van der Waals surface area (Å²) in [6, 6.07) is 7.54. The van der Waals surface area contributed by atoms with E-state index in [9.17, 15) is 9.90 Å². The molecule has 1 N–H and O–H groups in total. The highest BCUT2D eigenvalue weighted by Crippen LogP contribution is 2.37. The van der Waals surface area contributed by atoms with Crippen molar-refractivity contribution in [3.8, 4) is 0 Å². The Bertz CT molecular complexity index is 371. The molecule has 0 spiro atoms. The number of aldehydes is 1. The smallest absolute Gasteiger partial charge is 0.149 e. The highest BCUT2D eigenvalue weighted by atomic mass is 32.2. The van der Waals surface area contributed by atoms with Crippen LogP contribution >= 0.6 is 11.8 Å². The highest BCUT2D eigenvalue weighted by Gasteiger charge is 2.20. The fraction of sp³-hybridized carbons (Fsp3) is 0.100. The number of carbonyl (C=O) groups is 1. The van der Waals surface area contributed by atoms with E-state index in [0.717, 1.165) is 10.5 Å². The van der Waals surface area contributed by atoms with Crippen LogP contribution in [0.5, 0.6) is 0 Å². The van der Waals surface area contributed by atoms with Gasteiger partial charge in [-0.05, 0) is 17.0 Å². The summed E-state index contributed by atoms with van der Waals surface area (Å²) in [6.45, 7) is 0. The fourth-order valence-electron chi connectivity index (χ4n) is 1.28. The van der Waals surface area contributed by atoms with Gasteiger partial charge in [-0.2, -0.15) is 0 Å². The van der Waals surface area contributed by atoms with Crippen LogP contribution in [0.15, 0.2) is 40.1 Å². The molecule has 1 aliphatic rings. The first-order valence-corrected chi connectivity index (χ1v) is 4.80. The Morgan fingerprint density at radius 3 is 2.92 bits per heavy atom. The van der Waals surface area contributed by atoms with Crippen LogP contribution in [0.1, 0.15) is 11.7 Å². The van der Waals surface area contributed by atoms with E-state index in [1.165, 1.54) is 11.8 Å². The van der Waals surface area contributed by atoms with Crippen LogP contribution in [0.4, 0.5) is 0 Å². The van der Waals surface area contributed by atoms with E-state index in [1.807, 2.05) is 24.3 Å². The summed E-state index contributed by atoms with van der Waals surface area (Å²) in [4.78, 5) is 11.6. The van der Waals surface area contributed by atoms with Crippen molar-refractivity contribution in [2.24, 2.45) is 0 Å². The lowest BCUT2D eigenvalue weighted by molar-refractivity contribution is -0.105. The van der Waals surface area contributed by atoms with Gasteiger partial charge in [0.1, 0.15) is 12.4 Å². The van der Waals surface area contributed by atoms with Gasteiger partial charge in [-0.15, -0.1) is 0 Å². The third kappa shape index (κ3) is 1.41. The number of hydrogen-bond donors (Lipinski definition) is 1. The van der Waals surface area contributed by atoms with Crippen LogP contribution in [0.3, 0.4) is 0 Å². The Morgan fingerprint density at radius 1 is 1.38 bits per heavy atom. The van der Waals surface area contributed by atoms with E-state index in [1.54, 1.807) is 5.41 Å².